The molecule has 1 atom stereocenters. The average Bonchev–Trinajstić information content (AvgIpc) is 3.34. The van der Waals surface area contributed by atoms with E-state index < -0.39 is 6.10 Å². The van der Waals surface area contributed by atoms with E-state index >= 15 is 0 Å². The van der Waals surface area contributed by atoms with Crippen molar-refractivity contribution in [2.45, 2.75) is 277 Å². The van der Waals surface area contributed by atoms with Crippen LogP contribution in [0.1, 0.15) is 271 Å². The summed E-state index contributed by atoms with van der Waals surface area (Å²) < 4.78 is 10.7. The minimum atomic E-state index is -0.786. The lowest BCUT2D eigenvalue weighted by Crippen LogP contribution is -2.28. The Morgan fingerprint density at radius 3 is 0.956 bits per heavy atom. The third-order valence-corrected chi connectivity index (χ3v) is 12.4. The van der Waals surface area contributed by atoms with Crippen molar-refractivity contribution in [2.75, 3.05) is 13.2 Å². The molecule has 0 spiro atoms. The second kappa shape index (κ2) is 58.1. The molecular formula is C63H108O5. The van der Waals surface area contributed by atoms with Crippen molar-refractivity contribution in [3.05, 3.63) is 97.2 Å². The van der Waals surface area contributed by atoms with Crippen molar-refractivity contribution in [2.24, 2.45) is 0 Å². The molecule has 0 saturated carbocycles. The zero-order chi connectivity index (χ0) is 49.2. The van der Waals surface area contributed by atoms with E-state index in [0.717, 1.165) is 89.9 Å². The number of carbonyl (C=O) groups excluding carboxylic acids is 2. The molecule has 0 aromatic rings. The first kappa shape index (κ1) is 64.8. The fourth-order valence-corrected chi connectivity index (χ4v) is 8.06. The Hall–Kier alpha value is -3.18. The van der Waals surface area contributed by atoms with Crippen LogP contribution in [-0.4, -0.2) is 36.4 Å². The van der Waals surface area contributed by atoms with Crippen LogP contribution < -0.4 is 0 Å². The maximum atomic E-state index is 12.3. The molecular weight excluding hydrogens is 837 g/mol. The van der Waals surface area contributed by atoms with Crippen LogP contribution in [0.25, 0.3) is 0 Å². The smallest absolute Gasteiger partial charge is 0.306 e. The van der Waals surface area contributed by atoms with Crippen molar-refractivity contribution in [3.8, 4) is 0 Å². The highest BCUT2D eigenvalue weighted by Crippen LogP contribution is 2.16. The molecule has 0 aliphatic heterocycles. The molecule has 0 fully saturated rings. The van der Waals surface area contributed by atoms with Crippen molar-refractivity contribution < 1.29 is 24.2 Å². The van der Waals surface area contributed by atoms with Crippen LogP contribution in [0.3, 0.4) is 0 Å². The van der Waals surface area contributed by atoms with Gasteiger partial charge in [-0.25, -0.2) is 0 Å². The van der Waals surface area contributed by atoms with Crippen LogP contribution in [0.4, 0.5) is 0 Å². The molecule has 5 nitrogen and oxygen atoms in total. The Morgan fingerprint density at radius 2 is 0.632 bits per heavy atom. The molecule has 0 heterocycles. The lowest BCUT2D eigenvalue weighted by atomic mass is 10.0. The van der Waals surface area contributed by atoms with Gasteiger partial charge in [-0.15, -0.1) is 0 Å². The summed E-state index contributed by atoms with van der Waals surface area (Å²) in [5.74, 6) is -0.605. The lowest BCUT2D eigenvalue weighted by molar-refractivity contribution is -0.161. The molecule has 0 aliphatic rings. The number of aliphatic hydroxyl groups is 1. The Morgan fingerprint density at radius 1 is 0.353 bits per heavy atom. The van der Waals surface area contributed by atoms with Crippen molar-refractivity contribution >= 4 is 11.9 Å². The minimum absolute atomic E-state index is 0.0753. The lowest BCUT2D eigenvalue weighted by Gasteiger charge is -2.15. The van der Waals surface area contributed by atoms with Gasteiger partial charge in [0.25, 0.3) is 0 Å². The topological polar surface area (TPSA) is 72.8 Å². The van der Waals surface area contributed by atoms with E-state index in [9.17, 15) is 14.7 Å². The van der Waals surface area contributed by atoms with E-state index in [2.05, 4.69) is 111 Å². The number of carbonyl (C=O) groups is 2. The number of aliphatic hydroxyl groups excluding tert-OH is 1. The molecule has 0 amide bonds. The van der Waals surface area contributed by atoms with E-state index in [1.54, 1.807) is 0 Å². The summed E-state index contributed by atoms with van der Waals surface area (Å²) in [4.78, 5) is 24.5. The fourth-order valence-electron chi connectivity index (χ4n) is 8.06. The fraction of sp³-hybridized carbons (Fsp3) is 0.714. The Kier molecular flexibility index (Phi) is 55.4. The maximum absolute atomic E-state index is 12.3. The van der Waals surface area contributed by atoms with E-state index in [-0.39, 0.29) is 25.2 Å². The monoisotopic (exact) mass is 945 g/mol. The van der Waals surface area contributed by atoms with E-state index in [4.69, 9.17) is 9.47 Å². The molecule has 68 heavy (non-hydrogen) atoms. The van der Waals surface area contributed by atoms with Gasteiger partial charge in [-0.2, -0.15) is 0 Å². The van der Waals surface area contributed by atoms with Gasteiger partial charge >= 0.3 is 11.9 Å². The highest BCUT2D eigenvalue weighted by atomic mass is 16.6. The van der Waals surface area contributed by atoms with Gasteiger partial charge in [0, 0.05) is 12.8 Å². The van der Waals surface area contributed by atoms with Crippen LogP contribution in [0.5, 0.6) is 0 Å². The summed E-state index contributed by atoms with van der Waals surface area (Å²) in [5, 5.41) is 9.66. The summed E-state index contributed by atoms with van der Waals surface area (Å²) in [7, 11) is 0. The third kappa shape index (κ3) is 55.4. The van der Waals surface area contributed by atoms with Gasteiger partial charge in [-0.1, -0.05) is 259 Å². The Bertz CT molecular complexity index is 1300. The first-order valence-electron chi connectivity index (χ1n) is 28.8. The Balaban J connectivity index is 3.52. The molecule has 0 aromatic carbocycles. The van der Waals surface area contributed by atoms with Crippen molar-refractivity contribution in [1.82, 2.24) is 0 Å². The molecule has 0 rings (SSSR count). The second-order valence-electron chi connectivity index (χ2n) is 19.0. The van der Waals surface area contributed by atoms with Gasteiger partial charge in [0.15, 0.2) is 6.10 Å². The highest BCUT2D eigenvalue weighted by Gasteiger charge is 2.16. The molecule has 5 heteroatoms. The largest absolute Gasteiger partial charge is 0.462 e. The number of unbranched alkanes of at least 4 members (excludes halogenated alkanes) is 28. The highest BCUT2D eigenvalue weighted by molar-refractivity contribution is 5.70. The molecule has 0 bridgehead atoms. The van der Waals surface area contributed by atoms with Crippen LogP contribution in [-0.2, 0) is 19.1 Å². The quantitative estimate of drug-likeness (QED) is 0.0374. The number of hydrogen-bond acceptors (Lipinski definition) is 5. The van der Waals surface area contributed by atoms with E-state index in [0.29, 0.717) is 12.8 Å². The molecule has 0 aliphatic carbocycles. The number of allylic oxidation sites excluding steroid dienone is 16. The first-order valence-corrected chi connectivity index (χ1v) is 28.8. The second-order valence-corrected chi connectivity index (χ2v) is 19.0. The van der Waals surface area contributed by atoms with Gasteiger partial charge < -0.3 is 14.6 Å². The summed E-state index contributed by atoms with van der Waals surface area (Å²) in [6, 6.07) is 0. The number of rotatable bonds is 52. The van der Waals surface area contributed by atoms with Crippen LogP contribution in [0.2, 0.25) is 0 Å². The van der Waals surface area contributed by atoms with Crippen molar-refractivity contribution in [3.63, 3.8) is 0 Å². The predicted octanol–water partition coefficient (Wildman–Crippen LogP) is 19.5. The number of ether oxygens (including phenoxy) is 2. The SMILES string of the molecule is CC/C=C\C/C=C\C/C=C\C/C=C\C/C=C\C/C=C\CCCCCCCCC(=O)OC(CO)COC(=O)CCCCCCCCCCCCCCCCCCC/C=C\C/C=C\CCCCCCC. The van der Waals surface area contributed by atoms with Crippen molar-refractivity contribution in [1.29, 1.82) is 0 Å². The maximum Gasteiger partial charge on any atom is 0.306 e. The first-order chi connectivity index (χ1) is 33.6. The molecule has 0 aromatic heterocycles. The van der Waals surface area contributed by atoms with Gasteiger partial charge in [-0.3, -0.25) is 9.59 Å². The van der Waals surface area contributed by atoms with E-state index in [1.165, 1.54) is 154 Å². The van der Waals surface area contributed by atoms with Crippen LogP contribution in [0, 0.1) is 0 Å². The van der Waals surface area contributed by atoms with Crippen LogP contribution >= 0.6 is 0 Å². The summed E-state index contributed by atoms with van der Waals surface area (Å²) in [6.07, 6.45) is 82.4. The van der Waals surface area contributed by atoms with Gasteiger partial charge in [0.2, 0.25) is 0 Å². The number of hydrogen-bond donors (Lipinski definition) is 1. The summed E-state index contributed by atoms with van der Waals surface area (Å²) in [6.45, 7) is 4.02. The third-order valence-electron chi connectivity index (χ3n) is 12.4. The summed E-state index contributed by atoms with van der Waals surface area (Å²) >= 11 is 0. The molecule has 0 saturated heterocycles. The minimum Gasteiger partial charge on any atom is -0.462 e. The Labute approximate surface area is 421 Å². The average molecular weight is 946 g/mol. The molecule has 1 N–H and O–H groups in total. The number of esters is 2. The van der Waals surface area contributed by atoms with Crippen LogP contribution in [0.15, 0.2) is 97.2 Å². The zero-order valence-electron chi connectivity index (χ0n) is 44.6. The normalized spacial score (nSPS) is 12.9. The zero-order valence-corrected chi connectivity index (χ0v) is 44.6. The molecule has 390 valence electrons. The standard InChI is InChI=1S/C63H108O5/c1-3-5-7-9-11-13-15-17-19-21-23-25-27-29-30-31-32-34-35-37-39-41-43-45-47-49-51-53-55-57-62(65)67-60-61(59-64)68-63(66)58-56-54-52-50-48-46-44-42-40-38-36-33-28-26-24-22-20-18-16-14-12-10-8-6-4-2/h6,8,12,14-15,17-18,20-21,23-24,26,33,36,40,42,61,64H,3-5,7,9-11,13,16,19,22,25,27-32,34-35,37-39,41,43-60H2,1-2H3/b8-6-,14-12-,17-15-,20-18-,23-21-,26-24-,36-33-,42-40-. The van der Waals surface area contributed by atoms with Gasteiger partial charge in [-0.05, 0) is 96.3 Å². The molecule has 0 radical (unpaired) electrons. The predicted molar refractivity (Wildman–Crippen MR) is 297 cm³/mol. The van der Waals surface area contributed by atoms with E-state index in [1.807, 2.05) is 0 Å². The molecule has 1 unspecified atom stereocenters. The summed E-state index contributed by atoms with van der Waals surface area (Å²) in [5.41, 5.74) is 0. The van der Waals surface area contributed by atoms with Gasteiger partial charge in [0.05, 0.1) is 6.61 Å². The van der Waals surface area contributed by atoms with Gasteiger partial charge in [0.1, 0.15) is 6.61 Å².